The summed E-state index contributed by atoms with van der Waals surface area (Å²) in [6.45, 7) is 0. The van der Waals surface area contributed by atoms with E-state index in [0.717, 1.165) is 4.47 Å². The van der Waals surface area contributed by atoms with E-state index in [2.05, 4.69) is 20.7 Å². The third-order valence-corrected chi connectivity index (χ3v) is 6.78. The Kier molecular flexibility index (Phi) is 4.34. The molecule has 1 aliphatic rings. The SMILES string of the molecule is O=S1(=O)CCC(NS(=O)(=O)c2ccc(Br)cc2)CC1. The molecule has 8 heteroatoms. The van der Waals surface area contributed by atoms with Crippen LogP contribution in [0.4, 0.5) is 0 Å². The molecule has 19 heavy (non-hydrogen) atoms. The van der Waals surface area contributed by atoms with Gasteiger partial charge in [0.15, 0.2) is 0 Å². The number of benzene rings is 1. The third-order valence-electron chi connectivity index (χ3n) is 3.00. The number of sulfonamides is 1. The van der Waals surface area contributed by atoms with Crippen LogP contribution in [-0.2, 0) is 19.9 Å². The van der Waals surface area contributed by atoms with Gasteiger partial charge in [-0.2, -0.15) is 0 Å². The highest BCUT2D eigenvalue weighted by molar-refractivity contribution is 9.10. The normalized spacial score (nSPS) is 20.3. The Morgan fingerprint density at radius 3 is 2.16 bits per heavy atom. The molecule has 0 saturated carbocycles. The molecule has 0 aromatic heterocycles. The average molecular weight is 368 g/mol. The summed E-state index contributed by atoms with van der Waals surface area (Å²) in [7, 11) is -6.56. The van der Waals surface area contributed by atoms with Crippen LogP contribution >= 0.6 is 15.9 Å². The van der Waals surface area contributed by atoms with Gasteiger partial charge in [-0.1, -0.05) is 15.9 Å². The maximum absolute atomic E-state index is 12.1. The Balaban J connectivity index is 2.08. The highest BCUT2D eigenvalue weighted by atomic mass is 79.9. The Hall–Kier alpha value is -0.440. The summed E-state index contributed by atoms with van der Waals surface area (Å²) in [5, 5.41) is 0. The van der Waals surface area contributed by atoms with Crippen LogP contribution in [0, 0.1) is 0 Å². The monoisotopic (exact) mass is 367 g/mol. The summed E-state index contributed by atoms with van der Waals surface area (Å²) in [5.41, 5.74) is 0. The first kappa shape index (κ1) is 15.0. The van der Waals surface area contributed by atoms with Crippen molar-refractivity contribution in [3.63, 3.8) is 0 Å². The topological polar surface area (TPSA) is 80.3 Å². The number of halogens is 1. The van der Waals surface area contributed by atoms with Crippen LogP contribution in [0.2, 0.25) is 0 Å². The van der Waals surface area contributed by atoms with Crippen LogP contribution in [-0.4, -0.2) is 34.4 Å². The van der Waals surface area contributed by atoms with Crippen LogP contribution in [0.15, 0.2) is 33.6 Å². The van der Waals surface area contributed by atoms with Crippen molar-refractivity contribution in [2.45, 2.75) is 23.8 Å². The second-order valence-corrected chi connectivity index (χ2v) is 9.43. The lowest BCUT2D eigenvalue weighted by molar-refractivity contribution is 0.505. The molecule has 0 radical (unpaired) electrons. The molecule has 0 atom stereocenters. The van der Waals surface area contributed by atoms with Gasteiger partial charge in [-0.05, 0) is 37.1 Å². The second kappa shape index (κ2) is 5.51. The molecule has 1 aliphatic heterocycles. The van der Waals surface area contributed by atoms with Crippen molar-refractivity contribution in [1.29, 1.82) is 0 Å². The van der Waals surface area contributed by atoms with Gasteiger partial charge in [0, 0.05) is 10.5 Å². The molecule has 1 N–H and O–H groups in total. The van der Waals surface area contributed by atoms with Gasteiger partial charge in [-0.25, -0.2) is 21.6 Å². The molecule has 106 valence electrons. The minimum absolute atomic E-state index is 0.0422. The highest BCUT2D eigenvalue weighted by Crippen LogP contribution is 2.18. The number of hydrogen-bond acceptors (Lipinski definition) is 4. The van der Waals surface area contributed by atoms with E-state index in [9.17, 15) is 16.8 Å². The van der Waals surface area contributed by atoms with Gasteiger partial charge >= 0.3 is 0 Å². The lowest BCUT2D eigenvalue weighted by Gasteiger charge is -2.22. The molecular weight excluding hydrogens is 354 g/mol. The molecule has 0 spiro atoms. The minimum atomic E-state index is -3.58. The Morgan fingerprint density at radius 2 is 1.63 bits per heavy atom. The molecule has 5 nitrogen and oxygen atoms in total. The zero-order chi connectivity index (χ0) is 14.1. The molecule has 2 rings (SSSR count). The highest BCUT2D eigenvalue weighted by Gasteiger charge is 2.27. The zero-order valence-electron chi connectivity index (χ0n) is 10.0. The van der Waals surface area contributed by atoms with E-state index in [1.165, 1.54) is 12.1 Å². The largest absolute Gasteiger partial charge is 0.240 e. The fourth-order valence-corrected chi connectivity index (χ4v) is 4.97. The van der Waals surface area contributed by atoms with Crippen LogP contribution in [0.25, 0.3) is 0 Å². The molecule has 0 amide bonds. The van der Waals surface area contributed by atoms with E-state index in [0.29, 0.717) is 12.8 Å². The van der Waals surface area contributed by atoms with E-state index < -0.39 is 19.9 Å². The lowest BCUT2D eigenvalue weighted by atomic mass is 10.2. The molecule has 1 saturated heterocycles. The van der Waals surface area contributed by atoms with Crippen LogP contribution in [0.3, 0.4) is 0 Å². The standard InChI is InChI=1S/C11H14BrNO4S2/c12-9-1-3-11(4-2-9)19(16,17)13-10-5-7-18(14,15)8-6-10/h1-4,10,13H,5-8H2. The summed E-state index contributed by atoms with van der Waals surface area (Å²) in [4.78, 5) is 0.184. The molecule has 1 fully saturated rings. The lowest BCUT2D eigenvalue weighted by Crippen LogP contribution is -2.40. The van der Waals surface area contributed by atoms with Crippen LogP contribution in [0.1, 0.15) is 12.8 Å². The smallest absolute Gasteiger partial charge is 0.229 e. The van der Waals surface area contributed by atoms with Crippen molar-refractivity contribution in [1.82, 2.24) is 4.72 Å². The summed E-state index contributed by atoms with van der Waals surface area (Å²) in [6.07, 6.45) is 0.663. The molecule has 1 aromatic rings. The second-order valence-electron chi connectivity index (χ2n) is 4.50. The molecule has 1 heterocycles. The summed E-state index contributed by atoms with van der Waals surface area (Å²) < 4.78 is 50.1. The molecule has 0 aliphatic carbocycles. The maximum Gasteiger partial charge on any atom is 0.240 e. The van der Waals surface area contributed by atoms with E-state index in [-0.39, 0.29) is 22.4 Å². The molecular formula is C11H14BrNO4S2. The van der Waals surface area contributed by atoms with E-state index in [1.807, 2.05) is 0 Å². The minimum Gasteiger partial charge on any atom is -0.229 e. The van der Waals surface area contributed by atoms with Crippen LogP contribution in [0.5, 0.6) is 0 Å². The fourth-order valence-electron chi connectivity index (χ4n) is 1.91. The number of nitrogens with one attached hydrogen (secondary N) is 1. The predicted molar refractivity (Wildman–Crippen MR) is 76.1 cm³/mol. The van der Waals surface area contributed by atoms with Gasteiger partial charge in [0.05, 0.1) is 16.4 Å². The summed E-state index contributed by atoms with van der Waals surface area (Å²) in [6, 6.07) is 6.01. The van der Waals surface area contributed by atoms with Gasteiger partial charge in [0.2, 0.25) is 10.0 Å². The summed E-state index contributed by atoms with van der Waals surface area (Å²) in [5.74, 6) is 0.0844. The fraction of sp³-hybridized carbons (Fsp3) is 0.455. The molecule has 0 bridgehead atoms. The van der Waals surface area contributed by atoms with Crippen molar-refractivity contribution in [3.8, 4) is 0 Å². The van der Waals surface area contributed by atoms with Gasteiger partial charge in [-0.15, -0.1) is 0 Å². The van der Waals surface area contributed by atoms with E-state index in [1.54, 1.807) is 12.1 Å². The first-order chi connectivity index (χ1) is 8.78. The van der Waals surface area contributed by atoms with Gasteiger partial charge in [0.1, 0.15) is 9.84 Å². The Labute approximate surface area is 121 Å². The Morgan fingerprint density at radius 1 is 1.11 bits per heavy atom. The van der Waals surface area contributed by atoms with Crippen molar-refractivity contribution in [3.05, 3.63) is 28.7 Å². The van der Waals surface area contributed by atoms with Crippen LogP contribution < -0.4 is 4.72 Å². The number of hydrogen-bond donors (Lipinski definition) is 1. The molecule has 0 unspecified atom stereocenters. The van der Waals surface area contributed by atoms with E-state index in [4.69, 9.17) is 0 Å². The van der Waals surface area contributed by atoms with Crippen molar-refractivity contribution >= 4 is 35.8 Å². The first-order valence-corrected chi connectivity index (χ1v) is 9.87. The van der Waals surface area contributed by atoms with Gasteiger partial charge in [-0.3, -0.25) is 0 Å². The number of sulfone groups is 1. The third kappa shape index (κ3) is 4.01. The van der Waals surface area contributed by atoms with Crippen molar-refractivity contribution in [2.24, 2.45) is 0 Å². The summed E-state index contributed by atoms with van der Waals surface area (Å²) >= 11 is 3.24. The number of rotatable bonds is 3. The van der Waals surface area contributed by atoms with E-state index >= 15 is 0 Å². The van der Waals surface area contributed by atoms with Gasteiger partial charge in [0.25, 0.3) is 0 Å². The van der Waals surface area contributed by atoms with Gasteiger partial charge < -0.3 is 0 Å². The van der Waals surface area contributed by atoms with Crippen molar-refractivity contribution in [2.75, 3.05) is 11.5 Å². The first-order valence-electron chi connectivity index (χ1n) is 5.77. The Bertz CT molecular complexity index is 638. The predicted octanol–water partition coefficient (Wildman–Crippen LogP) is 1.30. The average Bonchev–Trinajstić information content (AvgIpc) is 2.32. The maximum atomic E-state index is 12.1. The van der Waals surface area contributed by atoms with Crippen molar-refractivity contribution < 1.29 is 16.8 Å². The quantitative estimate of drug-likeness (QED) is 0.872. The zero-order valence-corrected chi connectivity index (χ0v) is 13.3. The molecule has 1 aromatic carbocycles.